The zero-order chi connectivity index (χ0) is 13.1. The third-order valence-electron chi connectivity index (χ3n) is 2.87. The first-order valence-corrected chi connectivity index (χ1v) is 6.04. The molecule has 6 heteroatoms. The third kappa shape index (κ3) is 3.00. The summed E-state index contributed by atoms with van der Waals surface area (Å²) >= 11 is 5.95. The normalized spacial score (nSPS) is 14.9. The molecule has 2 amide bonds. The van der Waals surface area contributed by atoms with Gasteiger partial charge in [-0.15, -0.1) is 0 Å². The van der Waals surface area contributed by atoms with Crippen LogP contribution in [0, 0.1) is 5.92 Å². The Balaban J connectivity index is 2.04. The second-order valence-electron chi connectivity index (χ2n) is 4.34. The van der Waals surface area contributed by atoms with Gasteiger partial charge in [-0.05, 0) is 37.2 Å². The average Bonchev–Trinajstić information content (AvgIpc) is 2.26. The molecule has 0 aromatic heterocycles. The van der Waals surface area contributed by atoms with Gasteiger partial charge in [-0.2, -0.15) is 0 Å². The fraction of sp³-hybridized carbons (Fsp3) is 0.333. The zero-order valence-electron chi connectivity index (χ0n) is 9.70. The molecule has 1 aliphatic heterocycles. The lowest BCUT2D eigenvalue weighted by Gasteiger charge is -2.26. The molecule has 5 nitrogen and oxygen atoms in total. The van der Waals surface area contributed by atoms with Crippen LogP contribution in [0.25, 0.3) is 0 Å². The third-order valence-corrected chi connectivity index (χ3v) is 3.19. The molecule has 1 heterocycles. The van der Waals surface area contributed by atoms with Gasteiger partial charge in [0.2, 0.25) is 11.8 Å². The fourth-order valence-corrected chi connectivity index (χ4v) is 1.90. The first-order chi connectivity index (χ1) is 8.56. The fourth-order valence-electron chi connectivity index (χ4n) is 1.73. The Kier molecular flexibility index (Phi) is 3.84. The van der Waals surface area contributed by atoms with E-state index in [1.54, 1.807) is 6.07 Å². The Morgan fingerprint density at radius 1 is 1.44 bits per heavy atom. The van der Waals surface area contributed by atoms with Crippen molar-refractivity contribution in [1.82, 2.24) is 5.32 Å². The molecule has 96 valence electrons. The van der Waals surface area contributed by atoms with Gasteiger partial charge in [0.15, 0.2) is 0 Å². The highest BCUT2D eigenvalue weighted by Crippen LogP contribution is 2.23. The predicted octanol–water partition coefficient (Wildman–Crippen LogP) is 0.987. The summed E-state index contributed by atoms with van der Waals surface area (Å²) in [5, 5.41) is 6.19. The Labute approximate surface area is 110 Å². The lowest BCUT2D eigenvalue weighted by atomic mass is 9.99. The van der Waals surface area contributed by atoms with E-state index in [0.29, 0.717) is 28.6 Å². The molecule has 0 bridgehead atoms. The van der Waals surface area contributed by atoms with Crippen molar-refractivity contribution in [3.05, 3.63) is 28.8 Å². The van der Waals surface area contributed by atoms with E-state index in [0.717, 1.165) is 13.1 Å². The van der Waals surface area contributed by atoms with Crippen LogP contribution in [0.1, 0.15) is 16.8 Å². The van der Waals surface area contributed by atoms with Crippen molar-refractivity contribution in [2.45, 2.75) is 6.42 Å². The molecule has 0 saturated carbocycles. The molecule has 1 saturated heterocycles. The predicted molar refractivity (Wildman–Crippen MR) is 69.6 cm³/mol. The summed E-state index contributed by atoms with van der Waals surface area (Å²) in [6.07, 6.45) is 0.449. The first kappa shape index (κ1) is 12.9. The van der Waals surface area contributed by atoms with E-state index in [9.17, 15) is 9.59 Å². The van der Waals surface area contributed by atoms with Crippen molar-refractivity contribution >= 4 is 29.1 Å². The van der Waals surface area contributed by atoms with Gasteiger partial charge in [0.1, 0.15) is 0 Å². The lowest BCUT2D eigenvalue weighted by Crippen LogP contribution is -2.43. The van der Waals surface area contributed by atoms with E-state index >= 15 is 0 Å². The minimum absolute atomic E-state index is 0.106. The maximum atomic E-state index is 11.7. The zero-order valence-corrected chi connectivity index (χ0v) is 10.5. The number of carbonyl (C=O) groups is 2. The molecular formula is C12H14ClN3O2. The summed E-state index contributed by atoms with van der Waals surface area (Å²) in [5.74, 6) is -0.279. The van der Waals surface area contributed by atoms with Crippen LogP contribution >= 0.6 is 11.6 Å². The van der Waals surface area contributed by atoms with Crippen molar-refractivity contribution in [3.63, 3.8) is 0 Å². The highest BCUT2D eigenvalue weighted by atomic mass is 35.5. The number of nitrogens with one attached hydrogen (secondary N) is 2. The van der Waals surface area contributed by atoms with Gasteiger partial charge in [0.05, 0.1) is 10.7 Å². The van der Waals surface area contributed by atoms with Crippen LogP contribution < -0.4 is 16.4 Å². The van der Waals surface area contributed by atoms with E-state index < -0.39 is 5.91 Å². The van der Waals surface area contributed by atoms with Crippen molar-refractivity contribution in [2.24, 2.45) is 11.7 Å². The second-order valence-corrected chi connectivity index (χ2v) is 4.74. The number of nitrogens with two attached hydrogens (primary N) is 1. The molecule has 1 fully saturated rings. The number of rotatable bonds is 4. The molecule has 0 radical (unpaired) electrons. The van der Waals surface area contributed by atoms with Crippen LogP contribution in [0.2, 0.25) is 5.02 Å². The summed E-state index contributed by atoms with van der Waals surface area (Å²) in [5.41, 5.74) is 5.91. The van der Waals surface area contributed by atoms with Crippen molar-refractivity contribution in [3.8, 4) is 0 Å². The van der Waals surface area contributed by atoms with E-state index in [1.165, 1.54) is 12.1 Å². The number of primary amides is 1. The van der Waals surface area contributed by atoms with E-state index in [-0.39, 0.29) is 5.91 Å². The van der Waals surface area contributed by atoms with Crippen LogP contribution in [0.5, 0.6) is 0 Å². The summed E-state index contributed by atoms with van der Waals surface area (Å²) in [4.78, 5) is 22.8. The second kappa shape index (κ2) is 5.37. The van der Waals surface area contributed by atoms with Gasteiger partial charge in [-0.25, -0.2) is 0 Å². The number of halogens is 1. The molecule has 0 atom stereocenters. The maximum absolute atomic E-state index is 11.7. The average molecular weight is 268 g/mol. The molecule has 0 aliphatic carbocycles. The number of amides is 2. The Bertz CT molecular complexity index is 486. The highest BCUT2D eigenvalue weighted by molar-refractivity contribution is 6.33. The maximum Gasteiger partial charge on any atom is 0.248 e. The van der Waals surface area contributed by atoms with E-state index in [1.807, 2.05) is 0 Å². The van der Waals surface area contributed by atoms with Gasteiger partial charge < -0.3 is 16.4 Å². The van der Waals surface area contributed by atoms with Gasteiger partial charge in [-0.1, -0.05) is 11.6 Å². The van der Waals surface area contributed by atoms with E-state index in [2.05, 4.69) is 10.6 Å². The van der Waals surface area contributed by atoms with Gasteiger partial charge in [0.25, 0.3) is 0 Å². The summed E-state index contributed by atoms with van der Waals surface area (Å²) in [6, 6.07) is 4.56. The molecule has 1 aromatic rings. The number of hydrogen-bond acceptors (Lipinski definition) is 3. The van der Waals surface area contributed by atoms with Gasteiger partial charge in [0, 0.05) is 12.0 Å². The molecule has 18 heavy (non-hydrogen) atoms. The molecule has 0 unspecified atom stereocenters. The van der Waals surface area contributed by atoms with Crippen molar-refractivity contribution < 1.29 is 9.59 Å². The molecule has 2 rings (SSSR count). The minimum Gasteiger partial charge on any atom is -0.366 e. The van der Waals surface area contributed by atoms with Crippen LogP contribution in [0.3, 0.4) is 0 Å². The Hall–Kier alpha value is -1.59. The number of benzene rings is 1. The van der Waals surface area contributed by atoms with Crippen LogP contribution in [-0.2, 0) is 4.79 Å². The quantitative estimate of drug-likeness (QED) is 0.760. The number of anilines is 1. The van der Waals surface area contributed by atoms with Gasteiger partial charge >= 0.3 is 0 Å². The van der Waals surface area contributed by atoms with Crippen LogP contribution in [0.4, 0.5) is 5.69 Å². The first-order valence-electron chi connectivity index (χ1n) is 5.66. The van der Waals surface area contributed by atoms with Crippen molar-refractivity contribution in [2.75, 3.05) is 18.4 Å². The smallest absolute Gasteiger partial charge is 0.248 e. The lowest BCUT2D eigenvalue weighted by molar-refractivity contribution is -0.117. The molecule has 1 aromatic carbocycles. The highest BCUT2D eigenvalue weighted by Gasteiger charge is 2.20. The number of carbonyl (C=O) groups excluding carboxylic acids is 2. The Morgan fingerprint density at radius 3 is 2.72 bits per heavy atom. The van der Waals surface area contributed by atoms with Crippen LogP contribution in [0.15, 0.2) is 18.2 Å². The standard InChI is InChI=1S/C12H14ClN3O2/c13-9-2-1-8(12(14)18)4-10(9)16-11(17)3-7-5-15-6-7/h1-2,4,7,15H,3,5-6H2,(H2,14,18)(H,16,17). The van der Waals surface area contributed by atoms with Crippen molar-refractivity contribution in [1.29, 1.82) is 0 Å². The Morgan fingerprint density at radius 2 is 2.17 bits per heavy atom. The van der Waals surface area contributed by atoms with Gasteiger partial charge in [-0.3, -0.25) is 9.59 Å². The number of hydrogen-bond donors (Lipinski definition) is 3. The largest absolute Gasteiger partial charge is 0.366 e. The molecule has 1 aliphatic rings. The SMILES string of the molecule is NC(=O)c1ccc(Cl)c(NC(=O)CC2CNC2)c1. The molecule has 0 spiro atoms. The van der Waals surface area contributed by atoms with Crippen LogP contribution in [-0.4, -0.2) is 24.9 Å². The molecular weight excluding hydrogens is 254 g/mol. The summed E-state index contributed by atoms with van der Waals surface area (Å²) in [6.45, 7) is 1.73. The monoisotopic (exact) mass is 267 g/mol. The topological polar surface area (TPSA) is 84.2 Å². The summed E-state index contributed by atoms with van der Waals surface area (Å²) < 4.78 is 0. The minimum atomic E-state index is -0.551. The summed E-state index contributed by atoms with van der Waals surface area (Å²) in [7, 11) is 0. The molecule has 4 N–H and O–H groups in total. The van der Waals surface area contributed by atoms with E-state index in [4.69, 9.17) is 17.3 Å².